The van der Waals surface area contributed by atoms with Gasteiger partial charge < -0.3 is 10.8 Å². The minimum Gasteiger partial charge on any atom is -0.480 e. The molecule has 0 unspecified atom stereocenters. The van der Waals surface area contributed by atoms with Gasteiger partial charge in [0.2, 0.25) is 0 Å². The largest absolute Gasteiger partial charge is 0.480 e. The topological polar surface area (TPSA) is 63.3 Å². The number of aryl methyl sites for hydroxylation is 3. The lowest BCUT2D eigenvalue weighted by molar-refractivity contribution is -0.138. The molecule has 2 rings (SSSR count). The van der Waals surface area contributed by atoms with Crippen LogP contribution in [-0.4, -0.2) is 17.1 Å². The highest BCUT2D eigenvalue weighted by molar-refractivity contribution is 5.73. The minimum absolute atomic E-state index is 0.508. The number of carboxylic acid groups (broad SMARTS) is 1. The normalized spacial score (nSPS) is 15.8. The summed E-state index contributed by atoms with van der Waals surface area (Å²) < 4.78 is 0. The molecule has 1 atom stereocenters. The number of aliphatic carboxylic acids is 1. The molecule has 86 valence electrons. The van der Waals surface area contributed by atoms with E-state index in [2.05, 4.69) is 18.2 Å². The second kappa shape index (κ2) is 4.66. The predicted molar refractivity (Wildman–Crippen MR) is 62.4 cm³/mol. The van der Waals surface area contributed by atoms with Crippen LogP contribution in [0.5, 0.6) is 0 Å². The van der Waals surface area contributed by atoms with Gasteiger partial charge in [0.1, 0.15) is 6.04 Å². The van der Waals surface area contributed by atoms with Crippen molar-refractivity contribution in [2.45, 2.75) is 38.1 Å². The maximum Gasteiger partial charge on any atom is 0.320 e. The van der Waals surface area contributed by atoms with E-state index in [1.54, 1.807) is 0 Å². The van der Waals surface area contributed by atoms with Crippen LogP contribution < -0.4 is 5.73 Å². The lowest BCUT2D eigenvalue weighted by Crippen LogP contribution is -2.30. The zero-order valence-corrected chi connectivity index (χ0v) is 9.28. The fraction of sp³-hybridized carbons (Fsp3) is 0.462. The van der Waals surface area contributed by atoms with Crippen LogP contribution >= 0.6 is 0 Å². The number of benzene rings is 1. The van der Waals surface area contributed by atoms with Gasteiger partial charge in [-0.15, -0.1) is 0 Å². The number of carboxylic acids is 1. The molecule has 0 saturated heterocycles. The Bertz CT molecular complexity index is 401. The number of fused-ring (bicyclic) bond motifs is 1. The van der Waals surface area contributed by atoms with Crippen LogP contribution in [0.3, 0.4) is 0 Å². The molecule has 0 aromatic heterocycles. The van der Waals surface area contributed by atoms with E-state index in [1.165, 1.54) is 29.5 Å². The van der Waals surface area contributed by atoms with Crippen LogP contribution in [0.1, 0.15) is 29.5 Å². The van der Waals surface area contributed by atoms with Gasteiger partial charge in [0.05, 0.1) is 0 Å². The summed E-state index contributed by atoms with van der Waals surface area (Å²) in [6.07, 6.45) is 4.85. The van der Waals surface area contributed by atoms with Crippen molar-refractivity contribution >= 4 is 5.97 Å². The summed E-state index contributed by atoms with van der Waals surface area (Å²) >= 11 is 0. The molecule has 0 radical (unpaired) electrons. The highest BCUT2D eigenvalue weighted by atomic mass is 16.4. The van der Waals surface area contributed by atoms with Gasteiger partial charge in [-0.25, -0.2) is 0 Å². The minimum atomic E-state index is -0.916. The molecule has 16 heavy (non-hydrogen) atoms. The molecule has 3 heteroatoms. The highest BCUT2D eigenvalue weighted by Gasteiger charge is 2.13. The highest BCUT2D eigenvalue weighted by Crippen LogP contribution is 2.23. The molecule has 3 nitrogen and oxygen atoms in total. The first kappa shape index (κ1) is 11.1. The Labute approximate surface area is 95.3 Å². The van der Waals surface area contributed by atoms with Gasteiger partial charge in [0.15, 0.2) is 0 Å². The Balaban J connectivity index is 1.98. The molecule has 0 amide bonds. The Morgan fingerprint density at radius 2 is 2.12 bits per heavy atom. The zero-order chi connectivity index (χ0) is 11.5. The van der Waals surface area contributed by atoms with Crippen molar-refractivity contribution in [1.82, 2.24) is 0 Å². The van der Waals surface area contributed by atoms with Gasteiger partial charge >= 0.3 is 5.97 Å². The Kier molecular flexibility index (Phi) is 3.25. The smallest absolute Gasteiger partial charge is 0.320 e. The first-order valence-corrected chi connectivity index (χ1v) is 5.76. The SMILES string of the molecule is N[C@@H](CCc1ccc2c(c1)CCC2)C(=O)O. The van der Waals surface area contributed by atoms with Crippen LogP contribution in [0, 0.1) is 0 Å². The molecule has 0 bridgehead atoms. The van der Waals surface area contributed by atoms with Crippen molar-refractivity contribution in [3.05, 3.63) is 34.9 Å². The van der Waals surface area contributed by atoms with Crippen molar-refractivity contribution in [1.29, 1.82) is 0 Å². The zero-order valence-electron chi connectivity index (χ0n) is 9.28. The van der Waals surface area contributed by atoms with Gasteiger partial charge in [0.25, 0.3) is 0 Å². The maximum absolute atomic E-state index is 10.6. The summed E-state index contributed by atoms with van der Waals surface area (Å²) in [7, 11) is 0. The lowest BCUT2D eigenvalue weighted by atomic mass is 10.0. The van der Waals surface area contributed by atoms with Crippen molar-refractivity contribution in [2.75, 3.05) is 0 Å². The molecule has 1 aromatic carbocycles. The third-order valence-electron chi connectivity index (χ3n) is 3.22. The van der Waals surface area contributed by atoms with E-state index >= 15 is 0 Å². The van der Waals surface area contributed by atoms with Gasteiger partial charge in [-0.2, -0.15) is 0 Å². The van der Waals surface area contributed by atoms with Crippen LogP contribution in [0.4, 0.5) is 0 Å². The molecule has 0 fully saturated rings. The Morgan fingerprint density at radius 1 is 1.38 bits per heavy atom. The number of hydrogen-bond acceptors (Lipinski definition) is 2. The van der Waals surface area contributed by atoms with Gasteiger partial charge in [-0.1, -0.05) is 18.2 Å². The van der Waals surface area contributed by atoms with Crippen molar-refractivity contribution in [2.24, 2.45) is 5.73 Å². The third-order valence-corrected chi connectivity index (χ3v) is 3.22. The summed E-state index contributed by atoms with van der Waals surface area (Å²) in [5, 5.41) is 8.69. The molecule has 1 aromatic rings. The number of nitrogens with two attached hydrogens (primary N) is 1. The average Bonchev–Trinajstić information content (AvgIpc) is 2.72. The summed E-state index contributed by atoms with van der Waals surface area (Å²) in [6, 6.07) is 5.73. The molecule has 3 N–H and O–H groups in total. The van der Waals surface area contributed by atoms with Crippen molar-refractivity contribution in [3.63, 3.8) is 0 Å². The molecule has 0 saturated carbocycles. The van der Waals surface area contributed by atoms with Crippen LogP contribution in [0.15, 0.2) is 18.2 Å². The monoisotopic (exact) mass is 219 g/mol. The molecule has 1 aliphatic carbocycles. The van der Waals surface area contributed by atoms with Crippen molar-refractivity contribution in [3.8, 4) is 0 Å². The standard InChI is InChI=1S/C13H17NO2/c14-12(13(15)16)7-5-9-4-6-10-2-1-3-11(10)8-9/h4,6,8,12H,1-3,5,7,14H2,(H,15,16)/t12-/m0/s1. The van der Waals surface area contributed by atoms with E-state index < -0.39 is 12.0 Å². The van der Waals surface area contributed by atoms with Gasteiger partial charge in [-0.05, 0) is 48.8 Å². The van der Waals surface area contributed by atoms with E-state index in [0.29, 0.717) is 6.42 Å². The first-order valence-electron chi connectivity index (χ1n) is 5.76. The average molecular weight is 219 g/mol. The molecular formula is C13H17NO2. The third kappa shape index (κ3) is 2.42. The van der Waals surface area contributed by atoms with E-state index in [0.717, 1.165) is 12.8 Å². The van der Waals surface area contributed by atoms with Gasteiger partial charge in [-0.3, -0.25) is 4.79 Å². The fourth-order valence-electron chi connectivity index (χ4n) is 2.23. The van der Waals surface area contributed by atoms with Crippen LogP contribution in [0.2, 0.25) is 0 Å². The molecule has 1 aliphatic rings. The van der Waals surface area contributed by atoms with E-state index in [4.69, 9.17) is 10.8 Å². The molecule has 0 aliphatic heterocycles. The summed E-state index contributed by atoms with van der Waals surface area (Å²) in [5.74, 6) is -0.916. The quantitative estimate of drug-likeness (QED) is 0.807. The Hall–Kier alpha value is -1.35. The first-order chi connectivity index (χ1) is 7.66. The molecule has 0 spiro atoms. The predicted octanol–water partition coefficient (Wildman–Crippen LogP) is 1.52. The van der Waals surface area contributed by atoms with Gasteiger partial charge in [0, 0.05) is 0 Å². The van der Waals surface area contributed by atoms with E-state index in [-0.39, 0.29) is 0 Å². The van der Waals surface area contributed by atoms with E-state index in [1.807, 2.05) is 0 Å². The number of rotatable bonds is 4. The Morgan fingerprint density at radius 3 is 2.88 bits per heavy atom. The molecular weight excluding hydrogens is 202 g/mol. The van der Waals surface area contributed by atoms with Crippen LogP contribution in [0.25, 0.3) is 0 Å². The fourth-order valence-corrected chi connectivity index (χ4v) is 2.23. The van der Waals surface area contributed by atoms with E-state index in [9.17, 15) is 4.79 Å². The van der Waals surface area contributed by atoms with Crippen LogP contribution in [-0.2, 0) is 24.1 Å². The number of carbonyl (C=O) groups is 1. The van der Waals surface area contributed by atoms with Crippen molar-refractivity contribution < 1.29 is 9.90 Å². The number of hydrogen-bond donors (Lipinski definition) is 2. The summed E-state index contributed by atoms with van der Waals surface area (Å²) in [5.41, 5.74) is 9.57. The molecule has 0 heterocycles. The maximum atomic E-state index is 10.6. The summed E-state index contributed by atoms with van der Waals surface area (Å²) in [6.45, 7) is 0. The second-order valence-electron chi connectivity index (χ2n) is 4.44. The summed E-state index contributed by atoms with van der Waals surface area (Å²) in [4.78, 5) is 10.6. The second-order valence-corrected chi connectivity index (χ2v) is 4.44. The lowest BCUT2D eigenvalue weighted by Gasteiger charge is -2.07.